The summed E-state index contributed by atoms with van der Waals surface area (Å²) in [7, 11) is 0. The van der Waals surface area contributed by atoms with Crippen LogP contribution in [0.25, 0.3) is 0 Å². The number of rotatable bonds is 1. The Morgan fingerprint density at radius 1 is 1.57 bits per heavy atom. The third kappa shape index (κ3) is 1.28. The first kappa shape index (κ1) is 9.14. The van der Waals surface area contributed by atoms with E-state index in [-0.39, 0.29) is 0 Å². The highest BCUT2D eigenvalue weighted by Crippen LogP contribution is 2.21. The maximum atomic E-state index is 13.1. The molecule has 0 unspecified atom stereocenters. The Bertz CT molecular complexity index is 410. The average molecular weight is 195 g/mol. The quantitative estimate of drug-likeness (QED) is 0.402. The highest BCUT2D eigenvalue weighted by Gasteiger charge is 2.29. The molecule has 0 spiro atoms. The first-order valence-corrected chi connectivity index (χ1v) is 4.24. The SMILES string of the molecule is O=[N+]([O-])c1cc2c(cc1F)CCB2O. The molecule has 0 atom stereocenters. The van der Waals surface area contributed by atoms with E-state index in [0.717, 1.165) is 12.1 Å². The number of benzene rings is 1. The lowest BCUT2D eigenvalue weighted by atomic mass is 9.63. The maximum Gasteiger partial charge on any atom is 0.324 e. The summed E-state index contributed by atoms with van der Waals surface area (Å²) < 4.78 is 13.1. The van der Waals surface area contributed by atoms with Crippen molar-refractivity contribution in [2.24, 2.45) is 0 Å². The summed E-state index contributed by atoms with van der Waals surface area (Å²) in [6, 6.07) is 2.27. The minimum absolute atomic E-state index is 0.484. The lowest BCUT2D eigenvalue weighted by Gasteiger charge is -2.01. The van der Waals surface area contributed by atoms with E-state index in [1.165, 1.54) is 0 Å². The summed E-state index contributed by atoms with van der Waals surface area (Å²) in [5.41, 5.74) is 0.586. The maximum absolute atomic E-state index is 13.1. The van der Waals surface area contributed by atoms with Gasteiger partial charge in [-0.25, -0.2) is 0 Å². The van der Waals surface area contributed by atoms with Crippen LogP contribution in [0.3, 0.4) is 0 Å². The van der Waals surface area contributed by atoms with E-state index in [2.05, 4.69) is 0 Å². The molecule has 1 heterocycles. The molecule has 0 aliphatic carbocycles. The molecule has 0 bridgehead atoms. The summed E-state index contributed by atoms with van der Waals surface area (Å²) >= 11 is 0. The average Bonchev–Trinajstić information content (AvgIpc) is 2.46. The van der Waals surface area contributed by atoms with E-state index >= 15 is 0 Å². The van der Waals surface area contributed by atoms with Crippen molar-refractivity contribution < 1.29 is 14.3 Å². The Kier molecular flexibility index (Phi) is 2.00. The molecule has 0 saturated carbocycles. The summed E-state index contributed by atoms with van der Waals surface area (Å²) in [5.74, 6) is -0.831. The van der Waals surface area contributed by atoms with Crippen LogP contribution in [-0.2, 0) is 6.42 Å². The molecule has 0 aromatic heterocycles. The predicted molar refractivity (Wildman–Crippen MR) is 49.2 cm³/mol. The summed E-state index contributed by atoms with van der Waals surface area (Å²) in [6.45, 7) is -0.690. The lowest BCUT2D eigenvalue weighted by molar-refractivity contribution is -0.387. The van der Waals surface area contributed by atoms with Gasteiger partial charge in [0.05, 0.1) is 4.92 Å². The number of aryl methyl sites for hydroxylation is 1. The zero-order valence-electron chi connectivity index (χ0n) is 7.24. The summed E-state index contributed by atoms with van der Waals surface area (Å²) in [5, 5.41) is 19.8. The van der Waals surface area contributed by atoms with Gasteiger partial charge in [0.2, 0.25) is 5.82 Å². The molecule has 0 radical (unpaired) electrons. The standard InChI is InChI=1S/C8H7BFNO3/c10-7-3-5-1-2-9(12)6(5)4-8(7)11(13)14/h3-4,12H,1-2H2. The first-order valence-electron chi connectivity index (χ1n) is 4.24. The zero-order chi connectivity index (χ0) is 10.3. The Morgan fingerprint density at radius 3 is 2.93 bits per heavy atom. The monoisotopic (exact) mass is 195 g/mol. The van der Waals surface area contributed by atoms with E-state index in [9.17, 15) is 19.5 Å². The number of halogens is 1. The van der Waals surface area contributed by atoms with Crippen LogP contribution in [0.2, 0.25) is 6.32 Å². The number of hydrogen-bond acceptors (Lipinski definition) is 3. The van der Waals surface area contributed by atoms with Crippen LogP contribution in [0.5, 0.6) is 0 Å². The molecule has 14 heavy (non-hydrogen) atoms. The van der Waals surface area contributed by atoms with Crippen LogP contribution in [0.1, 0.15) is 5.56 Å². The van der Waals surface area contributed by atoms with Crippen LogP contribution in [0.15, 0.2) is 12.1 Å². The molecule has 1 aliphatic heterocycles. The third-order valence-corrected chi connectivity index (χ3v) is 2.45. The van der Waals surface area contributed by atoms with Crippen molar-refractivity contribution in [1.82, 2.24) is 0 Å². The fraction of sp³-hybridized carbons (Fsp3) is 0.250. The number of hydrogen-bond donors (Lipinski definition) is 1. The number of nitrogens with zero attached hydrogens (tertiary/aromatic N) is 1. The van der Waals surface area contributed by atoms with Gasteiger partial charge in [0, 0.05) is 6.07 Å². The fourth-order valence-corrected chi connectivity index (χ4v) is 1.73. The predicted octanol–water partition coefficient (Wildman–Crippen LogP) is 0.481. The van der Waals surface area contributed by atoms with E-state index in [0.29, 0.717) is 23.8 Å². The topological polar surface area (TPSA) is 63.4 Å². The molecule has 0 fully saturated rings. The highest BCUT2D eigenvalue weighted by molar-refractivity contribution is 6.68. The van der Waals surface area contributed by atoms with Gasteiger partial charge in [-0.15, -0.1) is 0 Å². The summed E-state index contributed by atoms with van der Waals surface area (Å²) in [6.07, 6.45) is 1.08. The van der Waals surface area contributed by atoms with Crippen LogP contribution in [-0.4, -0.2) is 16.9 Å². The van der Waals surface area contributed by atoms with Gasteiger partial charge in [0.1, 0.15) is 0 Å². The molecule has 0 saturated heterocycles. The largest absolute Gasteiger partial charge is 0.446 e. The van der Waals surface area contributed by atoms with E-state index in [4.69, 9.17) is 0 Å². The van der Waals surface area contributed by atoms with Crippen LogP contribution in [0, 0.1) is 15.9 Å². The van der Waals surface area contributed by atoms with Crippen molar-refractivity contribution in [3.63, 3.8) is 0 Å². The van der Waals surface area contributed by atoms with Crippen molar-refractivity contribution in [3.8, 4) is 0 Å². The molecular weight excluding hydrogens is 188 g/mol. The number of nitro benzene ring substituents is 1. The minimum atomic E-state index is -0.831. The van der Waals surface area contributed by atoms with Gasteiger partial charge < -0.3 is 5.02 Å². The second kappa shape index (κ2) is 3.06. The molecule has 6 heteroatoms. The molecular formula is C8H7BFNO3. The van der Waals surface area contributed by atoms with Crippen LogP contribution < -0.4 is 5.46 Å². The lowest BCUT2D eigenvalue weighted by Crippen LogP contribution is -2.26. The van der Waals surface area contributed by atoms with Crippen molar-refractivity contribution in [2.45, 2.75) is 12.7 Å². The number of nitro groups is 1. The Morgan fingerprint density at radius 2 is 2.29 bits per heavy atom. The van der Waals surface area contributed by atoms with Gasteiger partial charge in [-0.1, -0.05) is 0 Å². The Labute approximate surface area is 79.6 Å². The van der Waals surface area contributed by atoms with Gasteiger partial charge in [0.15, 0.2) is 0 Å². The second-order valence-electron chi connectivity index (χ2n) is 3.31. The first-order chi connectivity index (χ1) is 6.59. The van der Waals surface area contributed by atoms with E-state index in [1.807, 2.05) is 0 Å². The zero-order valence-corrected chi connectivity index (χ0v) is 7.24. The molecule has 2 rings (SSSR count). The Balaban J connectivity index is 2.57. The van der Waals surface area contributed by atoms with Crippen molar-refractivity contribution >= 4 is 18.1 Å². The van der Waals surface area contributed by atoms with Crippen LogP contribution in [0.4, 0.5) is 10.1 Å². The Hall–Kier alpha value is -1.43. The van der Waals surface area contributed by atoms with E-state index in [1.54, 1.807) is 0 Å². The third-order valence-electron chi connectivity index (χ3n) is 2.45. The molecule has 0 amide bonds. The molecule has 4 nitrogen and oxygen atoms in total. The smallest absolute Gasteiger partial charge is 0.324 e. The van der Waals surface area contributed by atoms with Gasteiger partial charge in [-0.3, -0.25) is 10.1 Å². The number of fused-ring (bicyclic) bond motifs is 1. The van der Waals surface area contributed by atoms with E-state index < -0.39 is 23.3 Å². The molecule has 1 aromatic carbocycles. The molecule has 72 valence electrons. The molecule has 1 N–H and O–H groups in total. The van der Waals surface area contributed by atoms with Crippen molar-refractivity contribution in [3.05, 3.63) is 33.6 Å². The van der Waals surface area contributed by atoms with Gasteiger partial charge >= 0.3 is 12.6 Å². The fourth-order valence-electron chi connectivity index (χ4n) is 1.73. The normalized spacial score (nSPS) is 14.3. The minimum Gasteiger partial charge on any atom is -0.446 e. The van der Waals surface area contributed by atoms with Crippen molar-refractivity contribution in [2.75, 3.05) is 0 Å². The van der Waals surface area contributed by atoms with Gasteiger partial charge in [0.25, 0.3) is 0 Å². The highest BCUT2D eigenvalue weighted by atomic mass is 19.1. The van der Waals surface area contributed by atoms with Crippen molar-refractivity contribution in [1.29, 1.82) is 0 Å². The van der Waals surface area contributed by atoms with Gasteiger partial charge in [-0.2, -0.15) is 4.39 Å². The molecule has 1 aliphatic rings. The van der Waals surface area contributed by atoms with Gasteiger partial charge in [-0.05, 0) is 29.8 Å². The summed E-state index contributed by atoms with van der Waals surface area (Å²) in [4.78, 5) is 9.64. The molecule has 1 aromatic rings. The van der Waals surface area contributed by atoms with Crippen LogP contribution >= 0.6 is 0 Å². The second-order valence-corrected chi connectivity index (χ2v) is 3.31.